The third-order valence-corrected chi connectivity index (χ3v) is 3.20. The highest BCUT2D eigenvalue weighted by Crippen LogP contribution is 2.37. The molecule has 0 aromatic heterocycles. The van der Waals surface area contributed by atoms with Crippen LogP contribution < -0.4 is 5.73 Å². The molecule has 0 amide bonds. The molecule has 14 heavy (non-hydrogen) atoms. The fourth-order valence-electron chi connectivity index (χ4n) is 1.54. The first-order chi connectivity index (χ1) is 6.52. The predicted octanol–water partition coefficient (Wildman–Crippen LogP) is 2.82. The monoisotopic (exact) mass is 213 g/mol. The molecule has 1 aromatic rings. The van der Waals surface area contributed by atoms with Crippen LogP contribution in [0.4, 0.5) is 4.39 Å². The quantitative estimate of drug-likeness (QED) is 0.804. The van der Waals surface area contributed by atoms with Crippen molar-refractivity contribution in [2.75, 3.05) is 0 Å². The smallest absolute Gasteiger partial charge is 0.144 e. The molecule has 1 aromatic carbocycles. The molecule has 1 nitrogen and oxygen atoms in total. The van der Waals surface area contributed by atoms with Crippen molar-refractivity contribution in [3.05, 3.63) is 34.1 Å². The Morgan fingerprint density at radius 1 is 1.50 bits per heavy atom. The molecule has 0 atom stereocenters. The SMILES string of the molecule is Cc1ccc(CC2(N)CC2)c(Cl)c1F. The average Bonchev–Trinajstić information content (AvgIpc) is 2.86. The first-order valence-corrected chi connectivity index (χ1v) is 5.12. The van der Waals surface area contributed by atoms with Gasteiger partial charge in [0.2, 0.25) is 0 Å². The van der Waals surface area contributed by atoms with Crippen molar-refractivity contribution in [1.29, 1.82) is 0 Å². The molecule has 1 aliphatic rings. The van der Waals surface area contributed by atoms with Gasteiger partial charge in [0.25, 0.3) is 0 Å². The summed E-state index contributed by atoms with van der Waals surface area (Å²) in [5.41, 5.74) is 7.25. The highest BCUT2D eigenvalue weighted by molar-refractivity contribution is 6.31. The minimum atomic E-state index is -0.312. The first-order valence-electron chi connectivity index (χ1n) is 4.74. The third kappa shape index (κ3) is 1.77. The molecule has 1 aliphatic carbocycles. The van der Waals surface area contributed by atoms with Gasteiger partial charge in [-0.25, -0.2) is 4.39 Å². The summed E-state index contributed by atoms with van der Waals surface area (Å²) in [4.78, 5) is 0. The molecule has 0 radical (unpaired) electrons. The Morgan fingerprint density at radius 2 is 2.14 bits per heavy atom. The number of hydrogen-bond acceptors (Lipinski definition) is 1. The van der Waals surface area contributed by atoms with Gasteiger partial charge in [0.15, 0.2) is 0 Å². The maximum absolute atomic E-state index is 13.4. The van der Waals surface area contributed by atoms with Gasteiger partial charge in [0.05, 0.1) is 5.02 Å². The highest BCUT2D eigenvalue weighted by Gasteiger charge is 2.38. The zero-order valence-corrected chi connectivity index (χ0v) is 8.87. The zero-order chi connectivity index (χ0) is 10.3. The van der Waals surface area contributed by atoms with Gasteiger partial charge in [-0.3, -0.25) is 0 Å². The van der Waals surface area contributed by atoms with Gasteiger partial charge in [-0.05, 0) is 37.3 Å². The molecule has 2 rings (SSSR count). The Hall–Kier alpha value is -0.600. The van der Waals surface area contributed by atoms with Crippen molar-refractivity contribution in [2.24, 2.45) is 5.73 Å². The number of halogens is 2. The fourth-order valence-corrected chi connectivity index (χ4v) is 1.82. The third-order valence-electron chi connectivity index (χ3n) is 2.79. The maximum Gasteiger partial charge on any atom is 0.144 e. The van der Waals surface area contributed by atoms with Crippen molar-refractivity contribution < 1.29 is 4.39 Å². The van der Waals surface area contributed by atoms with Gasteiger partial charge in [-0.1, -0.05) is 23.7 Å². The lowest BCUT2D eigenvalue weighted by Crippen LogP contribution is -2.24. The van der Waals surface area contributed by atoms with E-state index in [-0.39, 0.29) is 16.4 Å². The van der Waals surface area contributed by atoms with Gasteiger partial charge in [0.1, 0.15) is 5.82 Å². The summed E-state index contributed by atoms with van der Waals surface area (Å²) >= 11 is 5.90. The van der Waals surface area contributed by atoms with E-state index in [2.05, 4.69) is 0 Å². The summed E-state index contributed by atoms with van der Waals surface area (Å²) in [6, 6.07) is 3.62. The van der Waals surface area contributed by atoms with Crippen LogP contribution in [0.1, 0.15) is 24.0 Å². The van der Waals surface area contributed by atoms with Crippen LogP contribution in [-0.4, -0.2) is 5.54 Å². The Bertz CT molecular complexity index is 372. The Balaban J connectivity index is 2.30. The lowest BCUT2D eigenvalue weighted by molar-refractivity contribution is 0.610. The van der Waals surface area contributed by atoms with Crippen LogP contribution in [0.2, 0.25) is 5.02 Å². The highest BCUT2D eigenvalue weighted by atomic mass is 35.5. The summed E-state index contributed by atoms with van der Waals surface area (Å²) < 4.78 is 13.4. The van der Waals surface area contributed by atoms with Gasteiger partial charge < -0.3 is 5.73 Å². The first kappa shape index (κ1) is 9.94. The largest absolute Gasteiger partial charge is 0.325 e. The number of benzene rings is 1. The minimum absolute atomic E-state index is 0.120. The van der Waals surface area contributed by atoms with Gasteiger partial charge in [0, 0.05) is 5.54 Å². The second-order valence-corrected chi connectivity index (χ2v) is 4.59. The van der Waals surface area contributed by atoms with Gasteiger partial charge >= 0.3 is 0 Å². The molecule has 0 aliphatic heterocycles. The maximum atomic E-state index is 13.4. The van der Waals surface area contributed by atoms with Crippen LogP contribution in [0.15, 0.2) is 12.1 Å². The van der Waals surface area contributed by atoms with E-state index in [1.54, 1.807) is 13.0 Å². The van der Waals surface area contributed by atoms with Crippen LogP contribution in [0.3, 0.4) is 0 Å². The molecular formula is C11H13ClFN. The lowest BCUT2D eigenvalue weighted by atomic mass is 10.0. The van der Waals surface area contributed by atoms with Crippen LogP contribution in [0.25, 0.3) is 0 Å². The summed E-state index contributed by atoms with van der Waals surface area (Å²) in [7, 11) is 0. The topological polar surface area (TPSA) is 26.0 Å². The molecule has 1 fully saturated rings. The van der Waals surface area contributed by atoms with Gasteiger partial charge in [-0.2, -0.15) is 0 Å². The molecule has 0 bridgehead atoms. The van der Waals surface area contributed by atoms with E-state index in [1.165, 1.54) is 0 Å². The van der Waals surface area contributed by atoms with Crippen molar-refractivity contribution in [3.8, 4) is 0 Å². The summed E-state index contributed by atoms with van der Waals surface area (Å²) in [6.07, 6.45) is 2.71. The molecule has 2 N–H and O–H groups in total. The molecule has 0 saturated heterocycles. The fraction of sp³-hybridized carbons (Fsp3) is 0.455. The zero-order valence-electron chi connectivity index (χ0n) is 8.11. The lowest BCUT2D eigenvalue weighted by Gasteiger charge is -2.11. The van der Waals surface area contributed by atoms with Crippen molar-refractivity contribution in [2.45, 2.75) is 31.7 Å². The van der Waals surface area contributed by atoms with Crippen LogP contribution in [0, 0.1) is 12.7 Å². The average molecular weight is 214 g/mol. The summed E-state index contributed by atoms with van der Waals surface area (Å²) in [6.45, 7) is 1.71. The normalized spacial score (nSPS) is 18.3. The van der Waals surface area contributed by atoms with Crippen LogP contribution >= 0.6 is 11.6 Å². The molecule has 0 unspecified atom stereocenters. The Morgan fingerprint density at radius 3 is 2.71 bits per heavy atom. The van der Waals surface area contributed by atoms with E-state index in [0.717, 1.165) is 18.4 Å². The molecular weight excluding hydrogens is 201 g/mol. The molecule has 0 spiro atoms. The van der Waals surface area contributed by atoms with Crippen molar-refractivity contribution in [3.63, 3.8) is 0 Å². The molecule has 3 heteroatoms. The molecule has 0 heterocycles. The van der Waals surface area contributed by atoms with Crippen LogP contribution in [0.5, 0.6) is 0 Å². The van der Waals surface area contributed by atoms with Crippen molar-refractivity contribution in [1.82, 2.24) is 0 Å². The van der Waals surface area contributed by atoms with Gasteiger partial charge in [-0.15, -0.1) is 0 Å². The van der Waals surface area contributed by atoms with E-state index >= 15 is 0 Å². The summed E-state index contributed by atoms with van der Waals surface area (Å²) in [5.74, 6) is -0.312. The Labute approximate surface area is 88.1 Å². The predicted molar refractivity (Wildman–Crippen MR) is 56.0 cm³/mol. The minimum Gasteiger partial charge on any atom is -0.325 e. The van der Waals surface area contributed by atoms with E-state index < -0.39 is 0 Å². The Kier molecular flexibility index (Phi) is 2.28. The van der Waals surface area contributed by atoms with E-state index in [0.29, 0.717) is 12.0 Å². The number of aryl methyl sites for hydroxylation is 1. The molecule has 76 valence electrons. The van der Waals surface area contributed by atoms with E-state index in [4.69, 9.17) is 17.3 Å². The van der Waals surface area contributed by atoms with Crippen LogP contribution in [-0.2, 0) is 6.42 Å². The number of rotatable bonds is 2. The number of hydrogen-bond donors (Lipinski definition) is 1. The van der Waals surface area contributed by atoms with Crippen molar-refractivity contribution >= 4 is 11.6 Å². The van der Waals surface area contributed by atoms with E-state index in [9.17, 15) is 4.39 Å². The summed E-state index contributed by atoms with van der Waals surface area (Å²) in [5, 5.41) is 0.238. The standard InChI is InChI=1S/C11H13ClFN/c1-7-2-3-8(9(12)10(7)13)6-11(14)4-5-11/h2-3H,4-6,14H2,1H3. The second-order valence-electron chi connectivity index (χ2n) is 4.21. The number of nitrogens with two attached hydrogens (primary N) is 1. The molecule has 1 saturated carbocycles. The second kappa shape index (κ2) is 3.21. The van der Waals surface area contributed by atoms with E-state index in [1.807, 2.05) is 6.07 Å².